The van der Waals surface area contributed by atoms with Gasteiger partial charge in [-0.05, 0) is 49.6 Å². The number of benzene rings is 2. The summed E-state index contributed by atoms with van der Waals surface area (Å²) in [5.41, 5.74) is 0.377. The van der Waals surface area contributed by atoms with E-state index in [9.17, 15) is 29.8 Å². The van der Waals surface area contributed by atoms with Crippen LogP contribution in [0.25, 0.3) is 0 Å². The Morgan fingerprint density at radius 3 is 2.00 bits per heavy atom. The minimum atomic E-state index is -0.915. The van der Waals surface area contributed by atoms with Crippen LogP contribution in [0, 0.1) is 20.2 Å². The summed E-state index contributed by atoms with van der Waals surface area (Å²) >= 11 is 0. The second-order valence-electron chi connectivity index (χ2n) is 7.66. The van der Waals surface area contributed by atoms with Crippen LogP contribution in [0.3, 0.4) is 0 Å². The van der Waals surface area contributed by atoms with Crippen molar-refractivity contribution >= 4 is 23.6 Å². The zero-order valence-corrected chi connectivity index (χ0v) is 18.0. The summed E-state index contributed by atoms with van der Waals surface area (Å²) in [5.74, 6) is 0.208. The average molecular weight is 482 g/mol. The molecule has 1 aliphatic rings. The Balaban J connectivity index is 1.28. The third-order valence-electron chi connectivity index (χ3n) is 5.36. The molecule has 2 aromatic carbocycles. The van der Waals surface area contributed by atoms with Gasteiger partial charge in [-0.1, -0.05) is 0 Å². The van der Waals surface area contributed by atoms with E-state index in [0.29, 0.717) is 25.0 Å². The molecule has 1 heterocycles. The highest BCUT2D eigenvalue weighted by molar-refractivity contribution is 5.72. The van der Waals surface area contributed by atoms with Crippen molar-refractivity contribution in [2.24, 2.45) is 0 Å². The molecule has 0 radical (unpaired) electrons. The van der Waals surface area contributed by atoms with Gasteiger partial charge in [-0.15, -0.1) is 0 Å². The molecular formula is C22H18N4O9. The highest BCUT2D eigenvalue weighted by Crippen LogP contribution is 2.35. The fourth-order valence-electron chi connectivity index (χ4n) is 3.65. The quantitative estimate of drug-likeness (QED) is 0.210. The lowest BCUT2D eigenvalue weighted by atomic mass is 10.0. The Morgan fingerprint density at radius 1 is 0.857 bits per heavy atom. The lowest BCUT2D eigenvalue weighted by Crippen LogP contribution is -2.19. The molecule has 1 saturated carbocycles. The van der Waals surface area contributed by atoms with Crippen molar-refractivity contribution in [3.63, 3.8) is 0 Å². The fourth-order valence-corrected chi connectivity index (χ4v) is 3.65. The van der Waals surface area contributed by atoms with Gasteiger partial charge in [-0.3, -0.25) is 20.2 Å². The lowest BCUT2D eigenvalue weighted by molar-refractivity contribution is -0.385. The Morgan fingerprint density at radius 2 is 1.43 bits per heavy atom. The first-order valence-corrected chi connectivity index (χ1v) is 10.4. The van der Waals surface area contributed by atoms with E-state index in [-0.39, 0.29) is 28.8 Å². The first-order valence-electron chi connectivity index (χ1n) is 10.4. The standard InChI is InChI=1S/C22H18N4O9/c27-21(33-17-7-2-15(3-8-17)25(29)30)24-12-11-20(23-24)14-1-6-19(13-14)35-22(28)34-18-9-4-16(5-10-18)26(31)32/h2-5,7-12,14,19H,1,6,13H2. The van der Waals surface area contributed by atoms with Gasteiger partial charge in [0.1, 0.15) is 17.6 Å². The molecule has 13 heteroatoms. The minimum absolute atomic E-state index is 0.0550. The van der Waals surface area contributed by atoms with Crippen molar-refractivity contribution in [1.82, 2.24) is 9.78 Å². The molecule has 1 aromatic heterocycles. The van der Waals surface area contributed by atoms with Crippen LogP contribution in [0.1, 0.15) is 30.9 Å². The third-order valence-corrected chi connectivity index (χ3v) is 5.36. The summed E-state index contributed by atoms with van der Waals surface area (Å²) in [6.45, 7) is 0. The number of rotatable bonds is 6. The summed E-state index contributed by atoms with van der Waals surface area (Å²) in [6, 6.07) is 11.8. The molecule has 2 unspecified atom stereocenters. The fraction of sp³-hybridized carbons (Fsp3) is 0.227. The average Bonchev–Trinajstić information content (AvgIpc) is 3.49. The Kier molecular flexibility index (Phi) is 6.66. The van der Waals surface area contributed by atoms with E-state index >= 15 is 0 Å². The van der Waals surface area contributed by atoms with Gasteiger partial charge in [0.05, 0.1) is 15.5 Å². The summed E-state index contributed by atoms with van der Waals surface area (Å²) in [6.07, 6.45) is 1.06. The molecule has 13 nitrogen and oxygen atoms in total. The summed E-state index contributed by atoms with van der Waals surface area (Å²) in [5, 5.41) is 25.6. The highest BCUT2D eigenvalue weighted by Gasteiger charge is 2.31. The van der Waals surface area contributed by atoms with Crippen molar-refractivity contribution in [2.45, 2.75) is 31.3 Å². The second-order valence-corrected chi connectivity index (χ2v) is 7.66. The predicted octanol–water partition coefficient (Wildman–Crippen LogP) is 4.60. The van der Waals surface area contributed by atoms with E-state index in [1.165, 1.54) is 54.7 Å². The van der Waals surface area contributed by atoms with Crippen LogP contribution >= 0.6 is 0 Å². The summed E-state index contributed by atoms with van der Waals surface area (Å²) in [4.78, 5) is 44.7. The largest absolute Gasteiger partial charge is 0.514 e. The topological polar surface area (TPSA) is 166 Å². The Bertz CT molecular complexity index is 1250. The minimum Gasteiger partial charge on any atom is -0.431 e. The van der Waals surface area contributed by atoms with Crippen LogP contribution in [0.5, 0.6) is 11.5 Å². The highest BCUT2D eigenvalue weighted by atomic mass is 16.7. The maximum atomic E-state index is 12.3. The first-order chi connectivity index (χ1) is 16.8. The second kappa shape index (κ2) is 9.99. The molecule has 0 saturated heterocycles. The molecule has 0 bridgehead atoms. The van der Waals surface area contributed by atoms with Crippen LogP contribution in [-0.2, 0) is 4.74 Å². The van der Waals surface area contributed by atoms with E-state index in [2.05, 4.69) is 5.10 Å². The molecule has 2 atom stereocenters. The lowest BCUT2D eigenvalue weighted by Gasteiger charge is -2.12. The number of nitro benzene ring substituents is 2. The van der Waals surface area contributed by atoms with Gasteiger partial charge >= 0.3 is 12.2 Å². The van der Waals surface area contributed by atoms with Crippen LogP contribution in [0.15, 0.2) is 60.8 Å². The Labute approximate surface area is 197 Å². The molecule has 3 aromatic rings. The smallest absolute Gasteiger partial charge is 0.431 e. The molecule has 180 valence electrons. The van der Waals surface area contributed by atoms with Crippen LogP contribution in [0.2, 0.25) is 0 Å². The summed E-state index contributed by atoms with van der Waals surface area (Å²) < 4.78 is 16.6. The van der Waals surface area contributed by atoms with Gasteiger partial charge in [0.15, 0.2) is 0 Å². The molecule has 1 aliphatic carbocycles. The zero-order chi connectivity index (χ0) is 24.9. The molecule has 0 N–H and O–H groups in total. The van der Waals surface area contributed by atoms with Gasteiger partial charge < -0.3 is 14.2 Å². The van der Waals surface area contributed by atoms with Gasteiger partial charge in [0.2, 0.25) is 0 Å². The van der Waals surface area contributed by atoms with Crippen LogP contribution in [0.4, 0.5) is 21.0 Å². The summed E-state index contributed by atoms with van der Waals surface area (Å²) in [7, 11) is 0. The number of nitro groups is 2. The van der Waals surface area contributed by atoms with Gasteiger partial charge in [0.25, 0.3) is 11.4 Å². The molecular weight excluding hydrogens is 464 g/mol. The van der Waals surface area contributed by atoms with Crippen molar-refractivity contribution in [3.05, 3.63) is 86.7 Å². The molecule has 4 rings (SSSR count). The number of carbonyl (C=O) groups excluding carboxylic acids is 2. The Hall–Kier alpha value is -4.81. The van der Waals surface area contributed by atoms with Crippen molar-refractivity contribution in [3.8, 4) is 11.5 Å². The molecule has 1 fully saturated rings. The van der Waals surface area contributed by atoms with E-state index in [1.54, 1.807) is 6.07 Å². The number of ether oxygens (including phenoxy) is 3. The van der Waals surface area contributed by atoms with Gasteiger partial charge in [0, 0.05) is 36.4 Å². The number of carbonyl (C=O) groups is 2. The van der Waals surface area contributed by atoms with E-state index in [4.69, 9.17) is 14.2 Å². The monoisotopic (exact) mass is 482 g/mol. The molecule has 0 amide bonds. The first kappa shape index (κ1) is 23.4. The van der Waals surface area contributed by atoms with Crippen molar-refractivity contribution in [1.29, 1.82) is 0 Å². The maximum absolute atomic E-state index is 12.3. The predicted molar refractivity (Wildman–Crippen MR) is 117 cm³/mol. The van der Waals surface area contributed by atoms with Crippen molar-refractivity contribution < 1.29 is 33.6 Å². The molecule has 35 heavy (non-hydrogen) atoms. The number of hydrogen-bond donors (Lipinski definition) is 0. The number of non-ortho nitro benzene ring substituents is 2. The van der Waals surface area contributed by atoms with Crippen LogP contribution in [-0.4, -0.2) is 38.0 Å². The molecule has 0 spiro atoms. The van der Waals surface area contributed by atoms with Gasteiger partial charge in [-0.25, -0.2) is 9.59 Å². The van der Waals surface area contributed by atoms with E-state index in [0.717, 1.165) is 4.68 Å². The van der Waals surface area contributed by atoms with Crippen molar-refractivity contribution in [2.75, 3.05) is 0 Å². The zero-order valence-electron chi connectivity index (χ0n) is 18.0. The van der Waals surface area contributed by atoms with E-state index in [1.807, 2.05) is 0 Å². The number of hydrogen-bond acceptors (Lipinski definition) is 10. The maximum Gasteiger partial charge on any atom is 0.514 e. The SMILES string of the molecule is O=C(Oc1ccc([N+](=O)[O-])cc1)OC1CCC(c2ccn(C(=O)Oc3ccc([N+](=O)[O-])cc3)n2)C1. The third kappa shape index (κ3) is 5.76. The van der Waals surface area contributed by atoms with E-state index < -0.39 is 28.2 Å². The van der Waals surface area contributed by atoms with Gasteiger partial charge in [-0.2, -0.15) is 9.78 Å². The number of aromatic nitrogens is 2. The van der Waals surface area contributed by atoms with Crippen LogP contribution < -0.4 is 9.47 Å². The molecule has 0 aliphatic heterocycles. The number of nitrogens with zero attached hydrogens (tertiary/aromatic N) is 4. The normalized spacial score (nSPS) is 16.9.